The zero-order valence-corrected chi connectivity index (χ0v) is 35.2. The Morgan fingerprint density at radius 3 is 2.22 bits per heavy atom. The molecule has 16 heteroatoms. The highest BCUT2D eigenvalue weighted by Gasteiger charge is 2.30. The van der Waals surface area contributed by atoms with E-state index in [1.54, 1.807) is 49.5 Å². The molecular formula is C43H48Cl2N8O6. The number of rotatable bonds is 13. The van der Waals surface area contributed by atoms with E-state index in [1.165, 1.54) is 11.7 Å². The van der Waals surface area contributed by atoms with Crippen molar-refractivity contribution in [2.45, 2.75) is 83.6 Å². The number of ether oxygens (including phenoxy) is 2. The van der Waals surface area contributed by atoms with Crippen LogP contribution in [0.4, 0.5) is 4.79 Å². The van der Waals surface area contributed by atoms with Crippen LogP contribution >= 0.6 is 23.2 Å². The SMILES string of the molecule is COc1nc(-c2cccc(-c3cccc(-c4cc5c(=O)n(C)c(CNCC[C@@H]6CCC(=O)N6)nn5c4)c3Cl)c2Cl)ccc1CN(C[C@@H]1CCC(=O)N1)C(=O)OC(C)(C)C. The maximum absolute atomic E-state index is 13.5. The lowest BCUT2D eigenvalue weighted by atomic mass is 9.97. The lowest BCUT2D eigenvalue weighted by Gasteiger charge is -2.29. The monoisotopic (exact) mass is 842 g/mol. The number of benzene rings is 2. The number of hydrogen-bond acceptors (Lipinski definition) is 9. The molecule has 3 amide bonds. The van der Waals surface area contributed by atoms with E-state index < -0.39 is 11.7 Å². The smallest absolute Gasteiger partial charge is 0.410 e. The minimum absolute atomic E-state index is 0.0409. The Morgan fingerprint density at radius 1 is 0.932 bits per heavy atom. The van der Waals surface area contributed by atoms with Gasteiger partial charge in [-0.05, 0) is 64.8 Å². The standard InChI is InChI=1S/C43H48Cl2N8O6/c1-43(2,3)59-42(57)52(24-28-14-17-37(55)48-28)22-25-12-15-33(49-40(25)58-5)32-11-7-10-31(39(32)45)30-9-6-8-29(38(30)44)26-20-34-41(56)51(4)35(50-53(34)23-26)21-46-19-18-27-13-16-36(54)47-27/h6-12,15,20,23,27-28,46H,13-14,16-19,21-22,24H2,1-5H3,(H,47,54)(H,48,55)/t27-,28-/m0/s1. The van der Waals surface area contributed by atoms with Crippen molar-refractivity contribution >= 4 is 46.6 Å². The molecule has 14 nitrogen and oxygen atoms in total. The maximum Gasteiger partial charge on any atom is 0.410 e. The van der Waals surface area contributed by atoms with Crippen molar-refractivity contribution in [2.24, 2.45) is 7.05 Å². The number of halogens is 2. The van der Waals surface area contributed by atoms with Gasteiger partial charge in [-0.25, -0.2) is 14.3 Å². The molecule has 0 radical (unpaired) electrons. The molecule has 2 atom stereocenters. The molecule has 2 aliphatic heterocycles. The lowest BCUT2D eigenvalue weighted by molar-refractivity contribution is -0.120. The third-order valence-electron chi connectivity index (χ3n) is 10.5. The van der Waals surface area contributed by atoms with E-state index in [0.29, 0.717) is 98.7 Å². The number of fused-ring (bicyclic) bond motifs is 1. The first-order chi connectivity index (χ1) is 28.2. The molecule has 2 aliphatic rings. The minimum atomic E-state index is -0.711. The Bertz CT molecular complexity index is 2480. The molecule has 3 N–H and O–H groups in total. The molecular weight excluding hydrogens is 795 g/mol. The van der Waals surface area contributed by atoms with Crippen molar-refractivity contribution in [1.82, 2.24) is 40.0 Å². The molecule has 2 saturated heterocycles. The topological polar surface area (TPSA) is 161 Å². The molecule has 310 valence electrons. The molecule has 0 saturated carbocycles. The van der Waals surface area contributed by atoms with E-state index in [2.05, 4.69) is 16.0 Å². The van der Waals surface area contributed by atoms with Crippen LogP contribution in [0.2, 0.25) is 10.0 Å². The van der Waals surface area contributed by atoms with Gasteiger partial charge in [-0.3, -0.25) is 19.0 Å². The van der Waals surface area contributed by atoms with Gasteiger partial charge in [-0.2, -0.15) is 5.10 Å². The summed E-state index contributed by atoms with van der Waals surface area (Å²) in [6.45, 7) is 6.90. The molecule has 59 heavy (non-hydrogen) atoms. The average molecular weight is 844 g/mol. The Labute approximate surface area is 352 Å². The molecule has 2 fully saturated rings. The van der Waals surface area contributed by atoms with Gasteiger partial charge in [-0.15, -0.1) is 0 Å². The van der Waals surface area contributed by atoms with Crippen LogP contribution in [-0.4, -0.2) is 79.9 Å². The predicted molar refractivity (Wildman–Crippen MR) is 226 cm³/mol. The summed E-state index contributed by atoms with van der Waals surface area (Å²) in [6.07, 6.45) is 4.52. The minimum Gasteiger partial charge on any atom is -0.481 e. The van der Waals surface area contributed by atoms with Crippen LogP contribution in [0.25, 0.3) is 39.0 Å². The average Bonchev–Trinajstić information content (AvgIpc) is 3.94. The van der Waals surface area contributed by atoms with Gasteiger partial charge in [0.05, 0.1) is 35.9 Å². The van der Waals surface area contributed by atoms with Crippen LogP contribution in [0.1, 0.15) is 64.3 Å². The third-order valence-corrected chi connectivity index (χ3v) is 11.3. The summed E-state index contributed by atoms with van der Waals surface area (Å²) in [5.74, 6) is 0.931. The van der Waals surface area contributed by atoms with Gasteiger partial charge in [0.1, 0.15) is 16.9 Å². The highest BCUT2D eigenvalue weighted by atomic mass is 35.5. The van der Waals surface area contributed by atoms with Crippen LogP contribution in [0, 0.1) is 0 Å². The number of aromatic nitrogens is 4. The van der Waals surface area contributed by atoms with Gasteiger partial charge in [0.15, 0.2) is 0 Å². The quantitative estimate of drug-likeness (QED) is 0.112. The van der Waals surface area contributed by atoms with Crippen molar-refractivity contribution in [2.75, 3.05) is 20.2 Å². The second-order valence-electron chi connectivity index (χ2n) is 16.0. The first-order valence-electron chi connectivity index (χ1n) is 19.7. The number of amides is 3. The summed E-state index contributed by atoms with van der Waals surface area (Å²) in [6, 6.07) is 16.7. The zero-order valence-electron chi connectivity index (χ0n) is 33.7. The highest BCUT2D eigenvalue weighted by molar-refractivity contribution is 6.39. The van der Waals surface area contributed by atoms with Crippen LogP contribution in [0.15, 0.2) is 65.6 Å². The van der Waals surface area contributed by atoms with E-state index in [-0.39, 0.29) is 42.5 Å². The van der Waals surface area contributed by atoms with Crippen molar-refractivity contribution in [3.05, 3.63) is 92.6 Å². The van der Waals surface area contributed by atoms with Gasteiger partial charge in [0.25, 0.3) is 5.56 Å². The number of nitrogens with zero attached hydrogens (tertiary/aromatic N) is 5. The van der Waals surface area contributed by atoms with Crippen LogP contribution in [0.3, 0.4) is 0 Å². The molecule has 3 aromatic heterocycles. The summed E-state index contributed by atoms with van der Waals surface area (Å²) in [5.41, 5.74) is 4.13. The third kappa shape index (κ3) is 9.40. The summed E-state index contributed by atoms with van der Waals surface area (Å²) >= 11 is 14.3. The molecule has 5 aromatic rings. The van der Waals surface area contributed by atoms with Crippen LogP contribution in [0.5, 0.6) is 5.88 Å². The first kappa shape index (κ1) is 41.7. The number of carbonyl (C=O) groups is 3. The molecule has 0 aliphatic carbocycles. The van der Waals surface area contributed by atoms with Crippen molar-refractivity contribution < 1.29 is 23.9 Å². The Hall–Kier alpha value is -5.44. The van der Waals surface area contributed by atoms with E-state index in [9.17, 15) is 19.2 Å². The van der Waals surface area contributed by atoms with Crippen molar-refractivity contribution in [1.29, 1.82) is 0 Å². The van der Waals surface area contributed by atoms with E-state index >= 15 is 0 Å². The summed E-state index contributed by atoms with van der Waals surface area (Å²) in [7, 11) is 3.22. The summed E-state index contributed by atoms with van der Waals surface area (Å²) in [5, 5.41) is 14.9. The summed E-state index contributed by atoms with van der Waals surface area (Å²) < 4.78 is 14.6. The highest BCUT2D eigenvalue weighted by Crippen LogP contribution is 2.42. The fraction of sp³-hybridized carbons (Fsp3) is 0.395. The molecule has 7 rings (SSSR count). The Balaban J connectivity index is 1.13. The first-order valence-corrected chi connectivity index (χ1v) is 20.4. The molecule has 0 unspecified atom stereocenters. The fourth-order valence-corrected chi connectivity index (χ4v) is 8.14. The maximum atomic E-state index is 13.5. The zero-order chi connectivity index (χ0) is 42.0. The fourth-order valence-electron chi connectivity index (χ4n) is 7.48. The molecule has 2 aromatic carbocycles. The van der Waals surface area contributed by atoms with Crippen LogP contribution in [-0.2, 0) is 34.5 Å². The number of pyridine rings is 1. The van der Waals surface area contributed by atoms with Crippen molar-refractivity contribution in [3.8, 4) is 39.4 Å². The van der Waals surface area contributed by atoms with Gasteiger partial charge < -0.3 is 30.3 Å². The molecule has 5 heterocycles. The predicted octanol–water partition coefficient (Wildman–Crippen LogP) is 6.52. The van der Waals surface area contributed by atoms with Crippen LogP contribution < -0.4 is 26.2 Å². The second-order valence-corrected chi connectivity index (χ2v) is 16.7. The van der Waals surface area contributed by atoms with E-state index in [4.69, 9.17) is 42.8 Å². The van der Waals surface area contributed by atoms with Crippen molar-refractivity contribution in [3.63, 3.8) is 0 Å². The lowest BCUT2D eigenvalue weighted by Crippen LogP contribution is -2.43. The second kappa shape index (κ2) is 17.4. The number of methoxy groups -OCH3 is 1. The van der Waals surface area contributed by atoms with E-state index in [0.717, 1.165) is 12.8 Å². The van der Waals surface area contributed by atoms with Gasteiger partial charge in [0.2, 0.25) is 17.7 Å². The number of hydrogen-bond donors (Lipinski definition) is 3. The summed E-state index contributed by atoms with van der Waals surface area (Å²) in [4.78, 5) is 56.6. The number of nitrogens with one attached hydrogen (secondary N) is 3. The Kier molecular flexibility index (Phi) is 12.3. The van der Waals surface area contributed by atoms with Gasteiger partial charge in [0, 0.05) is 78.1 Å². The van der Waals surface area contributed by atoms with Gasteiger partial charge >= 0.3 is 6.09 Å². The largest absolute Gasteiger partial charge is 0.481 e. The molecule has 0 spiro atoms. The Morgan fingerprint density at radius 2 is 1.58 bits per heavy atom. The van der Waals surface area contributed by atoms with E-state index in [1.807, 2.05) is 48.5 Å². The normalized spacial score (nSPS) is 16.7. The van der Waals surface area contributed by atoms with Gasteiger partial charge in [-0.1, -0.05) is 59.6 Å². The molecule has 0 bridgehead atoms. The number of carbonyl (C=O) groups excluding carboxylic acids is 3.